The molecule has 8 atom stereocenters. The van der Waals surface area contributed by atoms with Crippen molar-refractivity contribution in [2.75, 3.05) is 5.75 Å². The predicted octanol–water partition coefficient (Wildman–Crippen LogP) is 5.61. The fourth-order valence-corrected chi connectivity index (χ4v) is 8.81. The van der Waals surface area contributed by atoms with Gasteiger partial charge in [0, 0.05) is 23.2 Å². The minimum absolute atomic E-state index is 0.0396. The zero-order chi connectivity index (χ0) is 30.4. The lowest BCUT2D eigenvalue weighted by molar-refractivity contribution is -0.205. The molecule has 0 aliphatic heterocycles. The standard InChI is InChI=1S/C32H41FN4O4S/c1-7-30(5)16-25(31(6)19(2)11-13-32(20(3)28(30)40)14-12-24(38)27(31)32)41-26(39)18-42-29-36-35-21(4)37(29)34-17-22-9-8-10-23(33)15-22/h7-10,15,17,19-20,25,27-28,40H,1,11-14,16,18H2,2-6H3/b34-17+/t19-,20+,25-,27+,28+,30-,31+,32+/m1/s1. The zero-order valence-electron chi connectivity index (χ0n) is 25.0. The van der Waals surface area contributed by atoms with Crippen molar-refractivity contribution in [1.29, 1.82) is 0 Å². The first-order valence-electron chi connectivity index (χ1n) is 14.7. The Bertz CT molecular complexity index is 1410. The summed E-state index contributed by atoms with van der Waals surface area (Å²) in [5.74, 6) is -0.304. The van der Waals surface area contributed by atoms with Gasteiger partial charge in [0.15, 0.2) is 5.82 Å². The fraction of sp³-hybridized carbons (Fsp3) is 0.594. The Morgan fingerprint density at radius 1 is 1.31 bits per heavy atom. The molecule has 3 aliphatic rings. The van der Waals surface area contributed by atoms with Crippen LogP contribution in [0.1, 0.15) is 71.2 Å². The van der Waals surface area contributed by atoms with E-state index in [9.17, 15) is 19.1 Å². The highest BCUT2D eigenvalue weighted by atomic mass is 32.2. The molecule has 0 unspecified atom stereocenters. The van der Waals surface area contributed by atoms with Crippen molar-refractivity contribution in [3.05, 3.63) is 54.1 Å². The van der Waals surface area contributed by atoms with Gasteiger partial charge in [0.1, 0.15) is 17.7 Å². The number of nitrogens with zero attached hydrogens (tertiary/aromatic N) is 4. The number of carbonyl (C=O) groups excluding carboxylic acids is 2. The number of aliphatic hydroxyl groups excluding tert-OH is 1. The van der Waals surface area contributed by atoms with E-state index >= 15 is 0 Å². The summed E-state index contributed by atoms with van der Waals surface area (Å²) in [5.41, 5.74) is -1.01. The van der Waals surface area contributed by atoms with Gasteiger partial charge in [-0.3, -0.25) is 9.59 Å². The smallest absolute Gasteiger partial charge is 0.316 e. The maximum absolute atomic E-state index is 13.6. The lowest BCUT2D eigenvalue weighted by atomic mass is 9.44. The fourth-order valence-electron chi connectivity index (χ4n) is 8.09. The molecule has 2 aromatic rings. The molecule has 0 saturated heterocycles. The molecule has 3 saturated carbocycles. The molecule has 226 valence electrons. The van der Waals surface area contributed by atoms with Crippen molar-refractivity contribution >= 4 is 29.7 Å². The summed E-state index contributed by atoms with van der Waals surface area (Å²) in [5, 5.41) is 24.7. The van der Waals surface area contributed by atoms with Crippen molar-refractivity contribution < 1.29 is 23.8 Å². The topological polar surface area (TPSA) is 107 Å². The van der Waals surface area contributed by atoms with Gasteiger partial charge in [0.2, 0.25) is 5.16 Å². The van der Waals surface area contributed by atoms with Gasteiger partial charge in [-0.1, -0.05) is 57.7 Å². The average molecular weight is 597 g/mol. The molecule has 8 nitrogen and oxygen atoms in total. The first-order chi connectivity index (χ1) is 19.9. The summed E-state index contributed by atoms with van der Waals surface area (Å²) in [6.07, 6.45) is 5.44. The van der Waals surface area contributed by atoms with Crippen LogP contribution in [-0.4, -0.2) is 55.9 Å². The largest absolute Gasteiger partial charge is 0.461 e. The number of esters is 1. The summed E-state index contributed by atoms with van der Waals surface area (Å²) in [6.45, 7) is 14.2. The van der Waals surface area contributed by atoms with Crippen molar-refractivity contribution in [3.8, 4) is 0 Å². The third kappa shape index (κ3) is 5.04. The molecular weight excluding hydrogens is 555 g/mol. The molecule has 10 heteroatoms. The summed E-state index contributed by atoms with van der Waals surface area (Å²) in [7, 11) is 0. The maximum Gasteiger partial charge on any atom is 0.316 e. The maximum atomic E-state index is 13.6. The van der Waals surface area contributed by atoms with E-state index in [0.717, 1.165) is 31.0 Å². The van der Waals surface area contributed by atoms with E-state index in [0.29, 0.717) is 29.4 Å². The molecule has 3 aliphatic carbocycles. The molecular formula is C32H41FN4O4S. The Morgan fingerprint density at radius 2 is 2.07 bits per heavy atom. The Labute approximate surface area is 251 Å². The van der Waals surface area contributed by atoms with E-state index in [2.05, 4.69) is 42.6 Å². The first-order valence-corrected chi connectivity index (χ1v) is 15.7. The SMILES string of the molecule is C=C[C@]1(C)C[C@@H](OC(=O)CSc2nnc(C)n2/N=C/c2cccc(F)c2)[C@]2(C)[C@H](C)CC[C@]3(CCC(=O)[C@H]32)[C@@H](C)[C@@H]1O. The summed E-state index contributed by atoms with van der Waals surface area (Å²) in [6, 6.07) is 6.06. The Balaban J connectivity index is 1.40. The molecule has 1 aromatic heterocycles. The van der Waals surface area contributed by atoms with Gasteiger partial charge in [0.05, 0.1) is 18.1 Å². The van der Waals surface area contributed by atoms with E-state index in [1.807, 2.05) is 6.92 Å². The van der Waals surface area contributed by atoms with E-state index < -0.39 is 29.0 Å². The van der Waals surface area contributed by atoms with E-state index in [4.69, 9.17) is 4.74 Å². The number of hydrogen-bond acceptors (Lipinski definition) is 8. The molecule has 3 fully saturated rings. The molecule has 42 heavy (non-hydrogen) atoms. The third-order valence-electron chi connectivity index (χ3n) is 10.8. The predicted molar refractivity (Wildman–Crippen MR) is 160 cm³/mol. The number of aromatic nitrogens is 3. The number of aliphatic hydroxyl groups is 1. The Kier molecular flexibility index (Phi) is 8.26. The van der Waals surface area contributed by atoms with Crippen LogP contribution in [0.25, 0.3) is 0 Å². The highest BCUT2D eigenvalue weighted by Gasteiger charge is 2.68. The van der Waals surface area contributed by atoms with Crippen LogP contribution in [0, 0.1) is 46.7 Å². The number of aryl methyl sites for hydroxylation is 1. The summed E-state index contributed by atoms with van der Waals surface area (Å²) < 4.78 is 21.4. The summed E-state index contributed by atoms with van der Waals surface area (Å²) >= 11 is 1.15. The molecule has 1 N–H and O–H groups in total. The van der Waals surface area contributed by atoms with Crippen LogP contribution in [0.5, 0.6) is 0 Å². The number of ketones is 1. The van der Waals surface area contributed by atoms with Gasteiger partial charge in [0.25, 0.3) is 0 Å². The van der Waals surface area contributed by atoms with Crippen LogP contribution in [0.3, 0.4) is 0 Å². The van der Waals surface area contributed by atoms with Crippen molar-refractivity contribution in [1.82, 2.24) is 14.9 Å². The van der Waals surface area contributed by atoms with Crippen LogP contribution in [0.2, 0.25) is 0 Å². The normalized spacial score (nSPS) is 36.4. The molecule has 0 amide bonds. The van der Waals surface area contributed by atoms with E-state index in [1.165, 1.54) is 23.0 Å². The Hall–Kier alpha value is -2.85. The first kappa shape index (κ1) is 30.6. The molecule has 0 spiro atoms. The number of halogens is 1. The zero-order valence-corrected chi connectivity index (χ0v) is 25.9. The highest BCUT2D eigenvalue weighted by molar-refractivity contribution is 7.99. The monoisotopic (exact) mass is 596 g/mol. The Morgan fingerprint density at radius 3 is 2.79 bits per heavy atom. The molecule has 1 heterocycles. The van der Waals surface area contributed by atoms with Gasteiger partial charge < -0.3 is 9.84 Å². The van der Waals surface area contributed by atoms with Crippen LogP contribution in [0.4, 0.5) is 4.39 Å². The third-order valence-corrected chi connectivity index (χ3v) is 11.7. The van der Waals surface area contributed by atoms with Gasteiger partial charge in [-0.25, -0.2) is 4.39 Å². The second-order valence-electron chi connectivity index (χ2n) is 13.0. The van der Waals surface area contributed by atoms with Gasteiger partial charge >= 0.3 is 5.97 Å². The van der Waals surface area contributed by atoms with Gasteiger partial charge in [-0.2, -0.15) is 9.78 Å². The second kappa shape index (κ2) is 11.3. The van der Waals surface area contributed by atoms with E-state index in [1.54, 1.807) is 25.1 Å². The van der Waals surface area contributed by atoms with E-state index in [-0.39, 0.29) is 40.5 Å². The van der Waals surface area contributed by atoms with Crippen LogP contribution >= 0.6 is 11.8 Å². The minimum atomic E-state index is -0.714. The molecule has 5 rings (SSSR count). The second-order valence-corrected chi connectivity index (χ2v) is 13.9. The van der Waals surface area contributed by atoms with Crippen LogP contribution < -0.4 is 0 Å². The molecule has 1 aromatic carbocycles. The lowest BCUT2D eigenvalue weighted by Gasteiger charge is -2.61. The molecule has 0 radical (unpaired) electrons. The molecule has 2 bridgehead atoms. The summed E-state index contributed by atoms with van der Waals surface area (Å²) in [4.78, 5) is 27.1. The van der Waals surface area contributed by atoms with Crippen molar-refractivity contribution in [3.63, 3.8) is 0 Å². The average Bonchev–Trinajstić information content (AvgIpc) is 3.50. The quantitative estimate of drug-likeness (QED) is 0.192. The van der Waals surface area contributed by atoms with Gasteiger partial charge in [-0.15, -0.1) is 16.8 Å². The van der Waals surface area contributed by atoms with Crippen LogP contribution in [0.15, 0.2) is 47.2 Å². The highest BCUT2D eigenvalue weighted by Crippen LogP contribution is 2.68. The number of thioether (sulfide) groups is 1. The van der Waals surface area contributed by atoms with Gasteiger partial charge in [-0.05, 0) is 67.6 Å². The number of rotatable bonds is 7. The van der Waals surface area contributed by atoms with Crippen molar-refractivity contribution in [2.45, 2.75) is 84.1 Å². The number of hydrogen-bond donors (Lipinski definition) is 1. The minimum Gasteiger partial charge on any atom is -0.461 e. The number of ether oxygens (including phenoxy) is 1. The number of Topliss-reactive ketones (excluding diaryl/α,β-unsaturated/α-hetero) is 1. The van der Waals surface area contributed by atoms with Crippen molar-refractivity contribution in [2.24, 2.45) is 39.1 Å². The van der Waals surface area contributed by atoms with Crippen LogP contribution in [-0.2, 0) is 14.3 Å². The number of benzene rings is 1. The number of carbonyl (C=O) groups is 2. The lowest BCUT2D eigenvalue weighted by Crippen LogP contribution is -2.63.